The number of rotatable bonds is 5. The SMILES string of the molecule is CNC1CCN(CC(=O)Nc2cccc(OC)c2)CC1.Cl. The molecule has 1 aromatic rings. The number of anilines is 1. The summed E-state index contributed by atoms with van der Waals surface area (Å²) in [7, 11) is 3.61. The minimum absolute atomic E-state index is 0. The summed E-state index contributed by atoms with van der Waals surface area (Å²) in [5, 5.41) is 6.20. The smallest absolute Gasteiger partial charge is 0.238 e. The van der Waals surface area contributed by atoms with E-state index >= 15 is 0 Å². The van der Waals surface area contributed by atoms with Gasteiger partial charge < -0.3 is 15.4 Å². The van der Waals surface area contributed by atoms with Gasteiger partial charge in [0.1, 0.15) is 5.75 Å². The third kappa shape index (κ3) is 5.53. The van der Waals surface area contributed by atoms with Crippen LogP contribution in [0.4, 0.5) is 5.69 Å². The number of halogens is 1. The minimum atomic E-state index is 0. The van der Waals surface area contributed by atoms with E-state index in [0.29, 0.717) is 12.6 Å². The maximum absolute atomic E-state index is 12.0. The van der Waals surface area contributed by atoms with Gasteiger partial charge in [-0.25, -0.2) is 0 Å². The lowest BCUT2D eigenvalue weighted by atomic mass is 10.1. The lowest BCUT2D eigenvalue weighted by Crippen LogP contribution is -2.44. The Kier molecular flexibility index (Phi) is 7.50. The van der Waals surface area contributed by atoms with Crippen LogP contribution in [-0.4, -0.2) is 50.6 Å². The van der Waals surface area contributed by atoms with Gasteiger partial charge in [0.15, 0.2) is 0 Å². The molecule has 2 rings (SSSR count). The second-order valence-corrected chi connectivity index (χ2v) is 5.12. The first-order chi connectivity index (χ1) is 9.71. The minimum Gasteiger partial charge on any atom is -0.497 e. The predicted molar refractivity (Wildman–Crippen MR) is 87.4 cm³/mol. The van der Waals surface area contributed by atoms with E-state index in [1.54, 1.807) is 7.11 Å². The molecule has 0 atom stereocenters. The van der Waals surface area contributed by atoms with Crippen LogP contribution >= 0.6 is 12.4 Å². The highest BCUT2D eigenvalue weighted by Crippen LogP contribution is 2.17. The lowest BCUT2D eigenvalue weighted by molar-refractivity contribution is -0.117. The highest BCUT2D eigenvalue weighted by molar-refractivity contribution is 5.92. The van der Waals surface area contributed by atoms with Crippen LogP contribution in [0.15, 0.2) is 24.3 Å². The lowest BCUT2D eigenvalue weighted by Gasteiger charge is -2.31. The average Bonchev–Trinajstić information content (AvgIpc) is 2.48. The van der Waals surface area contributed by atoms with Crippen molar-refractivity contribution >= 4 is 24.0 Å². The van der Waals surface area contributed by atoms with Gasteiger partial charge in [0, 0.05) is 30.9 Å². The van der Waals surface area contributed by atoms with Gasteiger partial charge in [0.05, 0.1) is 13.7 Å². The van der Waals surface area contributed by atoms with E-state index in [9.17, 15) is 4.79 Å². The fourth-order valence-corrected chi connectivity index (χ4v) is 2.48. The highest BCUT2D eigenvalue weighted by Gasteiger charge is 2.19. The molecule has 0 radical (unpaired) electrons. The van der Waals surface area contributed by atoms with Gasteiger partial charge in [0.25, 0.3) is 0 Å². The largest absolute Gasteiger partial charge is 0.497 e. The third-order valence-electron chi connectivity index (χ3n) is 3.72. The molecule has 21 heavy (non-hydrogen) atoms. The Morgan fingerprint density at radius 3 is 2.71 bits per heavy atom. The molecule has 0 unspecified atom stereocenters. The van der Waals surface area contributed by atoms with Crippen LogP contribution in [-0.2, 0) is 4.79 Å². The van der Waals surface area contributed by atoms with Crippen LogP contribution in [0.3, 0.4) is 0 Å². The van der Waals surface area contributed by atoms with Gasteiger partial charge in [-0.05, 0) is 32.0 Å². The summed E-state index contributed by atoms with van der Waals surface area (Å²) in [6.45, 7) is 2.39. The zero-order valence-electron chi connectivity index (χ0n) is 12.6. The number of piperidine rings is 1. The molecule has 1 saturated heterocycles. The molecule has 1 aliphatic heterocycles. The Hall–Kier alpha value is -1.30. The Balaban J connectivity index is 0.00000220. The molecule has 0 spiro atoms. The van der Waals surface area contributed by atoms with Crippen molar-refractivity contribution < 1.29 is 9.53 Å². The van der Waals surface area contributed by atoms with E-state index in [1.807, 2.05) is 31.3 Å². The van der Waals surface area contributed by atoms with Crippen LogP contribution in [0.1, 0.15) is 12.8 Å². The zero-order valence-corrected chi connectivity index (χ0v) is 13.4. The Morgan fingerprint density at radius 1 is 1.38 bits per heavy atom. The summed E-state index contributed by atoms with van der Waals surface area (Å²) in [5.74, 6) is 0.777. The van der Waals surface area contributed by atoms with Crippen molar-refractivity contribution in [3.05, 3.63) is 24.3 Å². The molecule has 1 fully saturated rings. The number of hydrogen-bond donors (Lipinski definition) is 2. The quantitative estimate of drug-likeness (QED) is 0.869. The van der Waals surface area contributed by atoms with E-state index in [0.717, 1.165) is 37.4 Å². The van der Waals surface area contributed by atoms with E-state index < -0.39 is 0 Å². The van der Waals surface area contributed by atoms with Gasteiger partial charge in [-0.3, -0.25) is 9.69 Å². The molecule has 118 valence electrons. The van der Waals surface area contributed by atoms with Gasteiger partial charge in [-0.15, -0.1) is 12.4 Å². The predicted octanol–water partition coefficient (Wildman–Crippen LogP) is 1.74. The van der Waals surface area contributed by atoms with E-state index in [-0.39, 0.29) is 18.3 Å². The van der Waals surface area contributed by atoms with E-state index in [2.05, 4.69) is 15.5 Å². The number of amides is 1. The molecular weight excluding hydrogens is 290 g/mol. The van der Waals surface area contributed by atoms with Gasteiger partial charge >= 0.3 is 0 Å². The average molecular weight is 314 g/mol. The van der Waals surface area contributed by atoms with Crippen molar-refractivity contribution in [1.29, 1.82) is 0 Å². The van der Waals surface area contributed by atoms with Crippen molar-refractivity contribution in [3.8, 4) is 5.75 Å². The molecular formula is C15H24ClN3O2. The number of likely N-dealkylation sites (tertiary alicyclic amines) is 1. The summed E-state index contributed by atoms with van der Waals surface area (Å²) in [5.41, 5.74) is 0.777. The Labute approximate surface area is 132 Å². The maximum Gasteiger partial charge on any atom is 0.238 e. The number of carbonyl (C=O) groups is 1. The molecule has 6 heteroatoms. The van der Waals surface area contributed by atoms with Crippen LogP contribution in [0.5, 0.6) is 5.75 Å². The summed E-state index contributed by atoms with van der Waals surface area (Å²) < 4.78 is 5.14. The number of methoxy groups -OCH3 is 1. The zero-order chi connectivity index (χ0) is 14.4. The summed E-state index contributed by atoms with van der Waals surface area (Å²) in [4.78, 5) is 14.2. The molecule has 1 amide bonds. The number of benzene rings is 1. The number of carbonyl (C=O) groups excluding carboxylic acids is 1. The van der Waals surface area contributed by atoms with Crippen molar-refractivity contribution in [3.63, 3.8) is 0 Å². The first kappa shape index (κ1) is 17.8. The third-order valence-corrected chi connectivity index (χ3v) is 3.72. The molecule has 0 aliphatic carbocycles. The molecule has 0 aromatic heterocycles. The summed E-state index contributed by atoms with van der Waals surface area (Å²) in [6, 6.07) is 8.01. The molecule has 1 aliphatic rings. The van der Waals surface area contributed by atoms with Crippen molar-refractivity contribution in [1.82, 2.24) is 10.2 Å². The molecule has 1 heterocycles. The second-order valence-electron chi connectivity index (χ2n) is 5.12. The normalized spacial score (nSPS) is 16.1. The molecule has 0 bridgehead atoms. The van der Waals surface area contributed by atoms with Gasteiger partial charge in [0.2, 0.25) is 5.91 Å². The van der Waals surface area contributed by atoms with E-state index in [1.165, 1.54) is 0 Å². The molecule has 5 nitrogen and oxygen atoms in total. The number of ether oxygens (including phenoxy) is 1. The highest BCUT2D eigenvalue weighted by atomic mass is 35.5. The number of nitrogens with zero attached hydrogens (tertiary/aromatic N) is 1. The van der Waals surface area contributed by atoms with Crippen LogP contribution < -0.4 is 15.4 Å². The van der Waals surface area contributed by atoms with Gasteiger partial charge in [-0.1, -0.05) is 6.07 Å². The number of hydrogen-bond acceptors (Lipinski definition) is 4. The first-order valence-corrected chi connectivity index (χ1v) is 7.05. The number of nitrogens with one attached hydrogen (secondary N) is 2. The Bertz CT molecular complexity index is 448. The second kappa shape index (κ2) is 8.87. The van der Waals surface area contributed by atoms with Crippen LogP contribution in [0.25, 0.3) is 0 Å². The maximum atomic E-state index is 12.0. The topological polar surface area (TPSA) is 53.6 Å². The standard InChI is InChI=1S/C15H23N3O2.ClH/c1-16-12-6-8-18(9-7-12)11-15(19)17-13-4-3-5-14(10-13)20-2;/h3-5,10,12,16H,6-9,11H2,1-2H3,(H,17,19);1H. The first-order valence-electron chi connectivity index (χ1n) is 7.05. The molecule has 0 saturated carbocycles. The molecule has 1 aromatic carbocycles. The van der Waals surface area contributed by atoms with Crippen molar-refractivity contribution in [2.45, 2.75) is 18.9 Å². The van der Waals surface area contributed by atoms with Crippen molar-refractivity contribution in [2.24, 2.45) is 0 Å². The van der Waals surface area contributed by atoms with Gasteiger partial charge in [-0.2, -0.15) is 0 Å². The summed E-state index contributed by atoms with van der Waals surface area (Å²) in [6.07, 6.45) is 2.20. The van der Waals surface area contributed by atoms with E-state index in [4.69, 9.17) is 4.74 Å². The van der Waals surface area contributed by atoms with Crippen molar-refractivity contribution in [2.75, 3.05) is 39.1 Å². The fraction of sp³-hybridized carbons (Fsp3) is 0.533. The fourth-order valence-electron chi connectivity index (χ4n) is 2.48. The summed E-state index contributed by atoms with van der Waals surface area (Å²) >= 11 is 0. The van der Waals surface area contributed by atoms with Crippen LogP contribution in [0.2, 0.25) is 0 Å². The molecule has 2 N–H and O–H groups in total. The van der Waals surface area contributed by atoms with Crippen LogP contribution in [0, 0.1) is 0 Å². The monoisotopic (exact) mass is 313 g/mol. The Morgan fingerprint density at radius 2 is 2.10 bits per heavy atom.